The fourth-order valence-corrected chi connectivity index (χ4v) is 2.34. The van der Waals surface area contributed by atoms with Crippen molar-refractivity contribution in [1.82, 2.24) is 14.8 Å². The number of anilines is 1. The predicted octanol–water partition coefficient (Wildman–Crippen LogP) is 2.09. The van der Waals surface area contributed by atoms with Gasteiger partial charge in [0.15, 0.2) is 0 Å². The summed E-state index contributed by atoms with van der Waals surface area (Å²) in [5.74, 6) is -0.229. The van der Waals surface area contributed by atoms with Gasteiger partial charge in [-0.05, 0) is 18.1 Å². The lowest BCUT2D eigenvalue weighted by Crippen LogP contribution is -2.33. The highest BCUT2D eigenvalue weighted by atomic mass is 35.5. The molecule has 21 heavy (non-hydrogen) atoms. The van der Waals surface area contributed by atoms with Crippen molar-refractivity contribution in [2.45, 2.75) is 13.8 Å². The molecule has 1 aromatic heterocycles. The van der Waals surface area contributed by atoms with E-state index in [2.05, 4.69) is 15.4 Å². The Bertz CT molecular complexity index is 612. The van der Waals surface area contributed by atoms with Gasteiger partial charge in [0.05, 0.1) is 16.6 Å². The number of hydrogen-bond acceptors (Lipinski definition) is 4. The molecule has 1 heterocycles. The molecule has 2 aromatic rings. The minimum atomic E-state index is -0.257. The Morgan fingerprint density at radius 2 is 2.24 bits per heavy atom. The van der Waals surface area contributed by atoms with Crippen LogP contribution in [0.15, 0.2) is 30.9 Å². The topological polar surface area (TPSA) is 85.8 Å². The first-order chi connectivity index (χ1) is 10.0. The van der Waals surface area contributed by atoms with E-state index in [4.69, 9.17) is 17.3 Å². The molecule has 1 amide bonds. The Balaban J connectivity index is 2.33. The van der Waals surface area contributed by atoms with Crippen LogP contribution in [0.1, 0.15) is 13.8 Å². The zero-order valence-corrected chi connectivity index (χ0v) is 12.7. The lowest BCUT2D eigenvalue weighted by molar-refractivity contribution is -0.120. The predicted molar refractivity (Wildman–Crippen MR) is 82.4 cm³/mol. The molecule has 1 aromatic carbocycles. The van der Waals surface area contributed by atoms with Crippen molar-refractivity contribution in [2.24, 2.45) is 17.6 Å². The zero-order valence-electron chi connectivity index (χ0n) is 12.0. The third kappa shape index (κ3) is 3.40. The highest BCUT2D eigenvalue weighted by Crippen LogP contribution is 2.28. The average molecular weight is 308 g/mol. The number of carbonyl (C=O) groups excluding carboxylic acids is 1. The van der Waals surface area contributed by atoms with E-state index in [0.717, 1.165) is 0 Å². The summed E-state index contributed by atoms with van der Waals surface area (Å²) in [6.07, 6.45) is 2.94. The number of para-hydroxylation sites is 1. The lowest BCUT2D eigenvalue weighted by Gasteiger charge is -2.19. The molecular weight excluding hydrogens is 290 g/mol. The molecule has 0 saturated heterocycles. The molecule has 6 nitrogen and oxygen atoms in total. The fraction of sp³-hybridized carbons (Fsp3) is 0.357. The molecule has 1 atom stereocenters. The van der Waals surface area contributed by atoms with Gasteiger partial charge in [0.25, 0.3) is 0 Å². The molecular formula is C14H18ClN5O. The first-order valence-corrected chi connectivity index (χ1v) is 7.06. The van der Waals surface area contributed by atoms with Crippen molar-refractivity contribution in [2.75, 3.05) is 11.9 Å². The van der Waals surface area contributed by atoms with Crippen molar-refractivity contribution in [3.63, 3.8) is 0 Å². The number of hydrogen-bond donors (Lipinski definition) is 2. The van der Waals surface area contributed by atoms with E-state index in [-0.39, 0.29) is 17.7 Å². The number of rotatable bonds is 5. The summed E-state index contributed by atoms with van der Waals surface area (Å²) >= 11 is 6.22. The Morgan fingerprint density at radius 1 is 1.48 bits per heavy atom. The van der Waals surface area contributed by atoms with Crippen LogP contribution in [0.25, 0.3) is 5.69 Å². The normalized spacial score (nSPS) is 12.4. The molecule has 112 valence electrons. The molecule has 0 aliphatic rings. The summed E-state index contributed by atoms with van der Waals surface area (Å²) in [7, 11) is 0. The first-order valence-electron chi connectivity index (χ1n) is 6.69. The minimum absolute atomic E-state index is 0.129. The third-order valence-corrected chi connectivity index (χ3v) is 3.59. The quantitative estimate of drug-likeness (QED) is 0.885. The van der Waals surface area contributed by atoms with Crippen LogP contribution in [-0.4, -0.2) is 27.2 Å². The van der Waals surface area contributed by atoms with Gasteiger partial charge in [0, 0.05) is 6.54 Å². The van der Waals surface area contributed by atoms with Crippen LogP contribution >= 0.6 is 11.6 Å². The van der Waals surface area contributed by atoms with Crippen molar-refractivity contribution in [3.8, 4) is 5.69 Å². The van der Waals surface area contributed by atoms with Gasteiger partial charge in [-0.25, -0.2) is 9.67 Å². The number of aromatic nitrogens is 3. The number of halogens is 1. The molecule has 0 radical (unpaired) electrons. The van der Waals surface area contributed by atoms with Crippen LogP contribution in [0.3, 0.4) is 0 Å². The van der Waals surface area contributed by atoms with Crippen molar-refractivity contribution in [1.29, 1.82) is 0 Å². The average Bonchev–Trinajstić information content (AvgIpc) is 2.92. The minimum Gasteiger partial charge on any atom is -0.330 e. The van der Waals surface area contributed by atoms with Gasteiger partial charge in [-0.2, -0.15) is 5.10 Å². The van der Waals surface area contributed by atoms with E-state index < -0.39 is 0 Å². The summed E-state index contributed by atoms with van der Waals surface area (Å²) < 4.78 is 1.52. The van der Waals surface area contributed by atoms with Crippen molar-refractivity contribution < 1.29 is 4.79 Å². The largest absolute Gasteiger partial charge is 0.330 e. The lowest BCUT2D eigenvalue weighted by atomic mass is 9.95. The molecule has 0 spiro atoms. The van der Waals surface area contributed by atoms with Crippen LogP contribution in [0.4, 0.5) is 5.69 Å². The number of carbonyl (C=O) groups is 1. The Labute approximate surface area is 128 Å². The van der Waals surface area contributed by atoms with Gasteiger partial charge in [0.2, 0.25) is 5.91 Å². The first kappa shape index (κ1) is 15.5. The molecule has 3 N–H and O–H groups in total. The Kier molecular flexibility index (Phi) is 4.93. The smallest absolute Gasteiger partial charge is 0.229 e. The molecule has 0 fully saturated rings. The molecule has 2 rings (SSSR count). The molecule has 1 unspecified atom stereocenters. The second-order valence-corrected chi connectivity index (χ2v) is 5.46. The molecule has 0 aliphatic carbocycles. The van der Waals surface area contributed by atoms with Gasteiger partial charge in [-0.1, -0.05) is 31.5 Å². The second-order valence-electron chi connectivity index (χ2n) is 5.05. The van der Waals surface area contributed by atoms with Gasteiger partial charge < -0.3 is 11.1 Å². The number of amides is 1. The molecule has 0 bridgehead atoms. The van der Waals surface area contributed by atoms with Crippen molar-refractivity contribution in [3.05, 3.63) is 35.9 Å². The maximum atomic E-state index is 12.3. The molecule has 0 saturated carbocycles. The summed E-state index contributed by atoms with van der Waals surface area (Å²) in [4.78, 5) is 16.2. The van der Waals surface area contributed by atoms with E-state index in [1.807, 2.05) is 13.8 Å². The monoisotopic (exact) mass is 307 g/mol. The van der Waals surface area contributed by atoms with E-state index in [1.165, 1.54) is 17.3 Å². The van der Waals surface area contributed by atoms with E-state index >= 15 is 0 Å². The van der Waals surface area contributed by atoms with Crippen LogP contribution in [0.5, 0.6) is 0 Å². The molecule has 7 heteroatoms. The van der Waals surface area contributed by atoms with Crippen LogP contribution in [0, 0.1) is 11.8 Å². The summed E-state index contributed by atoms with van der Waals surface area (Å²) in [5, 5.41) is 7.42. The molecule has 0 aliphatic heterocycles. The van der Waals surface area contributed by atoms with Crippen LogP contribution in [-0.2, 0) is 4.79 Å². The maximum absolute atomic E-state index is 12.3. The number of nitrogens with one attached hydrogen (secondary N) is 1. The second kappa shape index (κ2) is 6.69. The van der Waals surface area contributed by atoms with Gasteiger partial charge in [-0.3, -0.25) is 4.79 Å². The van der Waals surface area contributed by atoms with Gasteiger partial charge >= 0.3 is 0 Å². The third-order valence-electron chi connectivity index (χ3n) is 3.29. The van der Waals surface area contributed by atoms with E-state index in [0.29, 0.717) is 22.9 Å². The van der Waals surface area contributed by atoms with E-state index in [1.54, 1.807) is 18.2 Å². The Hall–Kier alpha value is -1.92. The summed E-state index contributed by atoms with van der Waals surface area (Å²) in [5.41, 5.74) is 6.84. The van der Waals surface area contributed by atoms with E-state index in [9.17, 15) is 4.79 Å². The van der Waals surface area contributed by atoms with Crippen molar-refractivity contribution >= 4 is 23.2 Å². The number of nitrogens with zero attached hydrogens (tertiary/aromatic N) is 3. The fourth-order valence-electron chi connectivity index (χ4n) is 2.08. The highest BCUT2D eigenvalue weighted by molar-refractivity contribution is 6.33. The maximum Gasteiger partial charge on any atom is 0.229 e. The number of benzene rings is 1. The van der Waals surface area contributed by atoms with Crippen LogP contribution < -0.4 is 11.1 Å². The standard InChI is InChI=1S/C14H18ClN5O/c1-9(2)10(6-16)14(21)19-12-5-3-4-11(15)13(12)20-8-17-7-18-20/h3-5,7-10H,6,16H2,1-2H3,(H,19,21). The van der Waals surface area contributed by atoms with Crippen LogP contribution in [0.2, 0.25) is 5.02 Å². The zero-order chi connectivity index (χ0) is 15.4. The van der Waals surface area contributed by atoms with Gasteiger partial charge in [-0.15, -0.1) is 0 Å². The SMILES string of the molecule is CC(C)C(CN)C(=O)Nc1cccc(Cl)c1-n1cncn1. The van der Waals surface area contributed by atoms with Gasteiger partial charge in [0.1, 0.15) is 18.3 Å². The summed E-state index contributed by atoms with van der Waals surface area (Å²) in [6, 6.07) is 5.27. The number of nitrogens with two attached hydrogens (primary N) is 1. The summed E-state index contributed by atoms with van der Waals surface area (Å²) in [6.45, 7) is 4.23. The highest BCUT2D eigenvalue weighted by Gasteiger charge is 2.22. The Morgan fingerprint density at radius 3 is 2.81 bits per heavy atom.